The highest BCUT2D eigenvalue weighted by atomic mass is 16.5. The van der Waals surface area contributed by atoms with Crippen molar-refractivity contribution >= 4 is 17.7 Å². The highest BCUT2D eigenvalue weighted by Crippen LogP contribution is 2.21. The summed E-state index contributed by atoms with van der Waals surface area (Å²) in [5, 5.41) is 14.0. The van der Waals surface area contributed by atoms with Crippen LogP contribution in [0.1, 0.15) is 51.7 Å². The van der Waals surface area contributed by atoms with Crippen LogP contribution in [0.4, 0.5) is 0 Å². The molecule has 11 nitrogen and oxygen atoms in total. The molecule has 1 aliphatic heterocycles. The van der Waals surface area contributed by atoms with E-state index in [1.165, 1.54) is 0 Å². The maximum Gasteiger partial charge on any atom is 0.255 e. The number of amides is 3. The lowest BCUT2D eigenvalue weighted by atomic mass is 10.1. The molecule has 2 aromatic heterocycles. The van der Waals surface area contributed by atoms with E-state index in [9.17, 15) is 14.4 Å². The number of aromatic nitrogens is 4. The van der Waals surface area contributed by atoms with Crippen molar-refractivity contribution in [1.29, 1.82) is 0 Å². The molecule has 2 N–H and O–H groups in total. The number of fused-ring (bicyclic) bond motifs is 3. The van der Waals surface area contributed by atoms with E-state index in [1.54, 1.807) is 47.1 Å². The summed E-state index contributed by atoms with van der Waals surface area (Å²) in [5.74, 6) is -0.384. The average molecular weight is 506 g/mol. The summed E-state index contributed by atoms with van der Waals surface area (Å²) in [6.07, 6.45) is 6.12. The molecule has 3 heterocycles. The van der Waals surface area contributed by atoms with Gasteiger partial charge in [-0.3, -0.25) is 24.0 Å². The number of aryl methyl sites for hydroxylation is 2. The third-order valence-electron chi connectivity index (χ3n) is 5.97. The first-order chi connectivity index (χ1) is 17.9. The van der Waals surface area contributed by atoms with Crippen LogP contribution in [0.3, 0.4) is 0 Å². The number of nitrogens with one attached hydrogen (secondary N) is 2. The molecule has 0 saturated heterocycles. The van der Waals surface area contributed by atoms with Crippen LogP contribution in [0.25, 0.3) is 0 Å². The Balaban J connectivity index is 1.52. The van der Waals surface area contributed by atoms with Crippen LogP contribution in [-0.2, 0) is 17.9 Å². The van der Waals surface area contributed by atoms with Crippen LogP contribution >= 0.6 is 0 Å². The third-order valence-corrected chi connectivity index (χ3v) is 5.97. The Morgan fingerprint density at radius 2 is 1.92 bits per heavy atom. The summed E-state index contributed by atoms with van der Waals surface area (Å²) in [4.78, 5) is 44.3. The van der Waals surface area contributed by atoms with Gasteiger partial charge in [0.15, 0.2) is 0 Å². The van der Waals surface area contributed by atoms with Crippen LogP contribution < -0.4 is 15.4 Å². The van der Waals surface area contributed by atoms with Gasteiger partial charge in [-0.25, -0.2) is 0 Å². The molecule has 3 amide bonds. The number of benzene rings is 1. The molecule has 1 aliphatic rings. The van der Waals surface area contributed by atoms with Gasteiger partial charge in [0.25, 0.3) is 11.8 Å². The zero-order valence-electron chi connectivity index (χ0n) is 21.0. The van der Waals surface area contributed by atoms with Crippen molar-refractivity contribution in [2.45, 2.75) is 45.8 Å². The maximum absolute atomic E-state index is 13.2. The molecule has 0 saturated carbocycles. The topological polar surface area (TPSA) is 131 Å². The van der Waals surface area contributed by atoms with Gasteiger partial charge in [0.2, 0.25) is 5.91 Å². The second-order valence-electron chi connectivity index (χ2n) is 8.98. The summed E-state index contributed by atoms with van der Waals surface area (Å²) >= 11 is 0. The number of hydrogen-bond acceptors (Lipinski definition) is 7. The van der Waals surface area contributed by atoms with Gasteiger partial charge in [0.1, 0.15) is 17.5 Å². The standard InChI is InChI=1S/C26H31N7O4/c1-18-5-6-22-23(15-18)37-14-4-13-33-17-21(30-31-33)16-32(26(36)20-7-10-27-11-8-20)12-3-9-28-24(34)19(2)29-25(22)35/h5-8,10-11,15,17,19H,3-4,9,12-14,16H2,1-2H3,(H,28,34)(H,29,35)/t19-/m1/s1. The third kappa shape index (κ3) is 6.90. The van der Waals surface area contributed by atoms with Gasteiger partial charge in [-0.15, -0.1) is 5.10 Å². The number of pyridine rings is 1. The van der Waals surface area contributed by atoms with Gasteiger partial charge in [-0.2, -0.15) is 0 Å². The van der Waals surface area contributed by atoms with E-state index in [4.69, 9.17) is 4.74 Å². The second-order valence-corrected chi connectivity index (χ2v) is 8.98. The molecule has 0 radical (unpaired) electrons. The van der Waals surface area contributed by atoms with Crippen molar-refractivity contribution in [3.63, 3.8) is 0 Å². The van der Waals surface area contributed by atoms with E-state index >= 15 is 0 Å². The SMILES string of the molecule is Cc1ccc2c(c1)OCCCn1cc(nn1)CN(C(=O)c1ccncc1)CCCNC(=O)[C@@H](C)NC2=O. The fraction of sp³-hybridized carbons (Fsp3) is 0.385. The zero-order chi connectivity index (χ0) is 26.2. The second kappa shape index (κ2) is 12.1. The van der Waals surface area contributed by atoms with E-state index in [1.807, 2.05) is 25.3 Å². The first-order valence-electron chi connectivity index (χ1n) is 12.3. The van der Waals surface area contributed by atoms with Gasteiger partial charge < -0.3 is 20.3 Å². The fourth-order valence-corrected chi connectivity index (χ4v) is 3.97. The van der Waals surface area contributed by atoms with E-state index in [0.717, 1.165) is 5.56 Å². The minimum absolute atomic E-state index is 0.156. The minimum Gasteiger partial charge on any atom is -0.493 e. The number of hydrogen-bond donors (Lipinski definition) is 2. The average Bonchev–Trinajstić information content (AvgIpc) is 3.35. The van der Waals surface area contributed by atoms with Gasteiger partial charge in [0, 0.05) is 44.0 Å². The molecule has 37 heavy (non-hydrogen) atoms. The van der Waals surface area contributed by atoms with Crippen molar-refractivity contribution in [3.05, 3.63) is 71.3 Å². The Hall–Kier alpha value is -4.28. The molecule has 2 bridgehead atoms. The molecular weight excluding hydrogens is 474 g/mol. The molecule has 0 aliphatic carbocycles. The van der Waals surface area contributed by atoms with Crippen molar-refractivity contribution in [3.8, 4) is 5.75 Å². The Morgan fingerprint density at radius 1 is 1.11 bits per heavy atom. The first-order valence-corrected chi connectivity index (χ1v) is 12.3. The van der Waals surface area contributed by atoms with Crippen LogP contribution in [0.2, 0.25) is 0 Å². The largest absolute Gasteiger partial charge is 0.493 e. The monoisotopic (exact) mass is 505 g/mol. The lowest BCUT2D eigenvalue weighted by Gasteiger charge is -2.22. The van der Waals surface area contributed by atoms with Crippen LogP contribution in [0.15, 0.2) is 48.9 Å². The van der Waals surface area contributed by atoms with Crippen LogP contribution in [0, 0.1) is 6.92 Å². The Kier molecular flexibility index (Phi) is 8.44. The summed E-state index contributed by atoms with van der Waals surface area (Å²) in [6.45, 7) is 5.50. The summed E-state index contributed by atoms with van der Waals surface area (Å²) in [6, 6.07) is 7.93. The van der Waals surface area contributed by atoms with Crippen molar-refractivity contribution in [2.75, 3.05) is 19.7 Å². The Labute approximate surface area is 215 Å². The van der Waals surface area contributed by atoms with Crippen molar-refractivity contribution in [1.82, 2.24) is 35.5 Å². The molecule has 1 atom stereocenters. The highest BCUT2D eigenvalue weighted by molar-refractivity contribution is 5.99. The molecular formula is C26H31N7O4. The number of carbonyl (C=O) groups is 3. The van der Waals surface area contributed by atoms with E-state index in [2.05, 4.69) is 25.9 Å². The molecule has 194 valence electrons. The lowest BCUT2D eigenvalue weighted by molar-refractivity contribution is -0.122. The predicted molar refractivity (Wildman–Crippen MR) is 135 cm³/mol. The predicted octanol–water partition coefficient (Wildman–Crippen LogP) is 1.73. The Bertz CT molecular complexity index is 1240. The van der Waals surface area contributed by atoms with E-state index in [-0.39, 0.29) is 24.3 Å². The van der Waals surface area contributed by atoms with Gasteiger partial charge in [-0.1, -0.05) is 11.3 Å². The summed E-state index contributed by atoms with van der Waals surface area (Å²) < 4.78 is 7.65. The number of nitrogens with zero attached hydrogens (tertiary/aromatic N) is 5. The zero-order valence-corrected chi connectivity index (χ0v) is 21.0. The quantitative estimate of drug-likeness (QED) is 0.515. The van der Waals surface area contributed by atoms with Crippen molar-refractivity contribution < 1.29 is 19.1 Å². The highest BCUT2D eigenvalue weighted by Gasteiger charge is 2.21. The molecule has 0 spiro atoms. The minimum atomic E-state index is -0.743. The van der Waals surface area contributed by atoms with Crippen LogP contribution in [0.5, 0.6) is 5.75 Å². The molecule has 1 aromatic carbocycles. The number of carbonyl (C=O) groups excluding carboxylic acids is 3. The Morgan fingerprint density at radius 3 is 2.73 bits per heavy atom. The summed E-state index contributed by atoms with van der Waals surface area (Å²) in [5.41, 5.74) is 2.52. The normalized spacial score (nSPS) is 17.8. The maximum atomic E-state index is 13.2. The van der Waals surface area contributed by atoms with E-state index in [0.29, 0.717) is 61.7 Å². The number of ether oxygens (including phenoxy) is 1. The van der Waals surface area contributed by atoms with Crippen molar-refractivity contribution in [2.24, 2.45) is 0 Å². The molecule has 3 aromatic rings. The molecule has 11 heteroatoms. The number of rotatable bonds is 1. The van der Waals surface area contributed by atoms with Gasteiger partial charge in [0.05, 0.1) is 24.9 Å². The molecule has 4 rings (SSSR count). The first kappa shape index (κ1) is 25.8. The molecule has 0 unspecified atom stereocenters. The van der Waals surface area contributed by atoms with E-state index < -0.39 is 6.04 Å². The molecule has 0 fully saturated rings. The fourth-order valence-electron chi connectivity index (χ4n) is 3.97. The summed E-state index contributed by atoms with van der Waals surface area (Å²) in [7, 11) is 0. The van der Waals surface area contributed by atoms with Crippen LogP contribution in [-0.4, -0.2) is 68.3 Å². The van der Waals surface area contributed by atoms with Gasteiger partial charge >= 0.3 is 0 Å². The van der Waals surface area contributed by atoms with Gasteiger partial charge in [-0.05, 0) is 50.1 Å². The lowest BCUT2D eigenvalue weighted by Crippen LogP contribution is -2.45. The smallest absolute Gasteiger partial charge is 0.255 e.